The molecule has 0 unspecified atom stereocenters. The van der Waals surface area contributed by atoms with Gasteiger partial charge < -0.3 is 11.1 Å². The van der Waals surface area contributed by atoms with Gasteiger partial charge in [0.25, 0.3) is 0 Å². The number of thiophene rings is 1. The summed E-state index contributed by atoms with van der Waals surface area (Å²) in [5.74, 6) is 0. The van der Waals surface area contributed by atoms with E-state index in [0.717, 1.165) is 11.1 Å². The van der Waals surface area contributed by atoms with Gasteiger partial charge >= 0.3 is 0 Å². The third-order valence-electron chi connectivity index (χ3n) is 3.91. The average molecular weight is 302 g/mol. The Morgan fingerprint density at radius 1 is 0.909 bits per heavy atom. The van der Waals surface area contributed by atoms with Crippen molar-refractivity contribution in [1.29, 1.82) is 5.41 Å². The lowest BCUT2D eigenvalue weighted by Gasteiger charge is -2.11. The van der Waals surface area contributed by atoms with Gasteiger partial charge in [0.1, 0.15) is 0 Å². The van der Waals surface area contributed by atoms with Gasteiger partial charge in [0.05, 0.1) is 5.71 Å². The molecule has 3 N–H and O–H groups in total. The highest BCUT2D eigenvalue weighted by atomic mass is 32.1. The molecule has 0 radical (unpaired) electrons. The minimum Gasteiger partial charge on any atom is -0.398 e. The summed E-state index contributed by atoms with van der Waals surface area (Å²) in [7, 11) is 0. The Balaban J connectivity index is 2.03. The largest absolute Gasteiger partial charge is 0.398 e. The zero-order valence-corrected chi connectivity index (χ0v) is 12.7. The van der Waals surface area contributed by atoms with E-state index in [1.165, 1.54) is 20.2 Å². The molecule has 1 aliphatic carbocycles. The molecule has 0 atom stereocenters. The minimum absolute atomic E-state index is 0.457. The molecule has 4 rings (SSSR count). The van der Waals surface area contributed by atoms with Crippen LogP contribution < -0.4 is 5.73 Å². The van der Waals surface area contributed by atoms with E-state index in [1.807, 2.05) is 30.4 Å². The summed E-state index contributed by atoms with van der Waals surface area (Å²) in [6.07, 6.45) is 7.46. The van der Waals surface area contributed by atoms with Crippen molar-refractivity contribution in [1.82, 2.24) is 0 Å². The lowest BCUT2D eigenvalue weighted by Crippen LogP contribution is -2.08. The monoisotopic (exact) mass is 302 g/mol. The highest BCUT2D eigenvalue weighted by Gasteiger charge is 2.14. The highest BCUT2D eigenvalue weighted by molar-refractivity contribution is 7.26. The van der Waals surface area contributed by atoms with Gasteiger partial charge in [-0.15, -0.1) is 11.3 Å². The average Bonchev–Trinajstić information content (AvgIpc) is 2.93. The summed E-state index contributed by atoms with van der Waals surface area (Å²) in [6.45, 7) is 0. The first kappa shape index (κ1) is 13.0. The summed E-state index contributed by atoms with van der Waals surface area (Å²) in [5.41, 5.74) is 9.33. The predicted molar refractivity (Wildman–Crippen MR) is 96.4 cm³/mol. The number of fused-ring (bicyclic) bond motifs is 3. The third kappa shape index (κ3) is 1.90. The van der Waals surface area contributed by atoms with Crippen molar-refractivity contribution in [2.75, 3.05) is 0 Å². The SMILES string of the molecule is N=C1C=CC=C/C1=C(/N)c1cccc2c1sc1ccccc12. The Morgan fingerprint density at radius 3 is 2.55 bits per heavy atom. The number of allylic oxidation sites excluding steroid dienone is 5. The second kappa shape index (κ2) is 4.97. The topological polar surface area (TPSA) is 49.9 Å². The van der Waals surface area contributed by atoms with Crippen molar-refractivity contribution < 1.29 is 0 Å². The van der Waals surface area contributed by atoms with Crippen LogP contribution in [0.3, 0.4) is 0 Å². The van der Waals surface area contributed by atoms with Crippen molar-refractivity contribution in [3.05, 3.63) is 77.9 Å². The smallest absolute Gasteiger partial charge is 0.0633 e. The van der Waals surface area contributed by atoms with Crippen LogP contribution in [0.15, 0.2) is 72.3 Å². The van der Waals surface area contributed by atoms with Crippen molar-refractivity contribution in [3.8, 4) is 0 Å². The number of hydrogen-bond donors (Lipinski definition) is 2. The molecule has 3 heteroatoms. The van der Waals surface area contributed by atoms with Crippen LogP contribution in [0.2, 0.25) is 0 Å². The van der Waals surface area contributed by atoms with E-state index in [0.29, 0.717) is 11.4 Å². The Morgan fingerprint density at radius 2 is 1.68 bits per heavy atom. The second-order valence-corrected chi connectivity index (χ2v) is 6.29. The number of rotatable bonds is 1. The van der Waals surface area contributed by atoms with Crippen molar-refractivity contribution in [2.24, 2.45) is 5.73 Å². The Bertz CT molecular complexity index is 1000. The fourth-order valence-corrected chi connectivity index (χ4v) is 4.05. The molecule has 0 spiro atoms. The maximum Gasteiger partial charge on any atom is 0.0633 e. The van der Waals surface area contributed by atoms with Crippen LogP contribution in [0.25, 0.3) is 25.9 Å². The molecule has 1 aliphatic rings. The van der Waals surface area contributed by atoms with Gasteiger partial charge in [0, 0.05) is 37.0 Å². The van der Waals surface area contributed by atoms with Gasteiger partial charge in [0.15, 0.2) is 0 Å². The molecule has 1 heterocycles. The molecule has 2 aromatic carbocycles. The second-order valence-electron chi connectivity index (χ2n) is 5.24. The molecule has 106 valence electrons. The molecule has 0 aliphatic heterocycles. The summed E-state index contributed by atoms with van der Waals surface area (Å²) >= 11 is 1.76. The minimum atomic E-state index is 0.457. The first-order valence-corrected chi connectivity index (χ1v) is 7.91. The predicted octanol–water partition coefficient (Wildman–Crippen LogP) is 4.87. The van der Waals surface area contributed by atoms with E-state index in [4.69, 9.17) is 11.1 Å². The van der Waals surface area contributed by atoms with Crippen molar-refractivity contribution in [3.63, 3.8) is 0 Å². The molecule has 0 fully saturated rings. The van der Waals surface area contributed by atoms with Gasteiger partial charge in [-0.1, -0.05) is 54.6 Å². The number of hydrogen-bond acceptors (Lipinski definition) is 3. The lowest BCUT2D eigenvalue weighted by molar-refractivity contribution is 1.46. The number of benzene rings is 2. The Kier molecular flexibility index (Phi) is 2.94. The molecule has 1 aromatic heterocycles. The van der Waals surface area contributed by atoms with Crippen LogP contribution in [0.5, 0.6) is 0 Å². The number of nitrogens with two attached hydrogens (primary N) is 1. The Hall–Kier alpha value is -2.65. The molecule has 0 saturated heterocycles. The molecular formula is C19H14N2S. The van der Waals surface area contributed by atoms with Gasteiger partial charge in [-0.05, 0) is 12.1 Å². The van der Waals surface area contributed by atoms with E-state index in [-0.39, 0.29) is 0 Å². The molecule has 2 nitrogen and oxygen atoms in total. The van der Waals surface area contributed by atoms with E-state index in [9.17, 15) is 0 Å². The quantitative estimate of drug-likeness (QED) is 0.662. The first-order chi connectivity index (χ1) is 10.8. The standard InChI is InChI=1S/C19H14N2S/c20-16-10-3-1-7-14(16)18(21)15-9-5-8-13-12-6-2-4-11-17(12)22-19(13)15/h1-11,20H,21H2/b18-14-,20-16?. The normalized spacial score (nSPS) is 16.6. The van der Waals surface area contributed by atoms with Crippen LogP contribution in [-0.4, -0.2) is 5.71 Å². The summed E-state index contributed by atoms with van der Waals surface area (Å²) in [5, 5.41) is 10.6. The fraction of sp³-hybridized carbons (Fsp3) is 0. The van der Waals surface area contributed by atoms with Gasteiger partial charge in [-0.2, -0.15) is 0 Å². The Labute approximate surface area is 132 Å². The molecular weight excluding hydrogens is 288 g/mol. The zero-order valence-electron chi connectivity index (χ0n) is 11.8. The molecule has 0 amide bonds. The van der Waals surface area contributed by atoms with Crippen LogP contribution in [0, 0.1) is 5.41 Å². The van der Waals surface area contributed by atoms with Crippen LogP contribution >= 0.6 is 11.3 Å². The maximum absolute atomic E-state index is 8.07. The zero-order chi connectivity index (χ0) is 15.1. The summed E-state index contributed by atoms with van der Waals surface area (Å²) in [6, 6.07) is 14.6. The van der Waals surface area contributed by atoms with E-state index >= 15 is 0 Å². The molecule has 3 aromatic rings. The van der Waals surface area contributed by atoms with Crippen LogP contribution in [-0.2, 0) is 0 Å². The fourth-order valence-electron chi connectivity index (χ4n) is 2.82. The van der Waals surface area contributed by atoms with Crippen molar-refractivity contribution in [2.45, 2.75) is 0 Å². The van der Waals surface area contributed by atoms with Gasteiger partial charge in [0.2, 0.25) is 0 Å². The summed E-state index contributed by atoms with van der Waals surface area (Å²) in [4.78, 5) is 0. The van der Waals surface area contributed by atoms with Crippen LogP contribution in [0.4, 0.5) is 0 Å². The van der Waals surface area contributed by atoms with E-state index in [2.05, 4.69) is 30.3 Å². The van der Waals surface area contributed by atoms with Gasteiger partial charge in [-0.3, -0.25) is 0 Å². The molecule has 22 heavy (non-hydrogen) atoms. The highest BCUT2D eigenvalue weighted by Crippen LogP contribution is 2.37. The lowest BCUT2D eigenvalue weighted by atomic mass is 9.98. The van der Waals surface area contributed by atoms with Crippen molar-refractivity contribution >= 4 is 42.9 Å². The number of nitrogens with one attached hydrogen (secondary N) is 1. The maximum atomic E-state index is 8.07. The van der Waals surface area contributed by atoms with E-state index < -0.39 is 0 Å². The molecule has 0 saturated carbocycles. The summed E-state index contributed by atoms with van der Waals surface area (Å²) < 4.78 is 2.45. The first-order valence-electron chi connectivity index (χ1n) is 7.10. The van der Waals surface area contributed by atoms with E-state index in [1.54, 1.807) is 17.4 Å². The van der Waals surface area contributed by atoms with Crippen LogP contribution in [0.1, 0.15) is 5.56 Å². The molecule has 0 bridgehead atoms. The third-order valence-corrected chi connectivity index (χ3v) is 5.13. The van der Waals surface area contributed by atoms with Gasteiger partial charge in [-0.25, -0.2) is 0 Å².